The molecule has 0 fully saturated rings. The van der Waals surface area contributed by atoms with Crippen molar-refractivity contribution < 1.29 is 0 Å². The Bertz CT molecular complexity index is 559. The predicted molar refractivity (Wildman–Crippen MR) is 125 cm³/mol. The van der Waals surface area contributed by atoms with E-state index in [-0.39, 0.29) is 0 Å². The van der Waals surface area contributed by atoms with Crippen LogP contribution in [0.5, 0.6) is 0 Å². The van der Waals surface area contributed by atoms with Gasteiger partial charge in [-0.15, -0.1) is 11.1 Å². The maximum Gasteiger partial charge on any atom is 0.129 e. The molecule has 0 bridgehead atoms. The zero-order valence-corrected chi connectivity index (χ0v) is 22.2. The Kier molecular flexibility index (Phi) is 8.05. The van der Waals surface area contributed by atoms with Gasteiger partial charge in [-0.1, -0.05) is 102 Å². The van der Waals surface area contributed by atoms with E-state index in [2.05, 4.69) is 113 Å². The van der Waals surface area contributed by atoms with Crippen LogP contribution in [0.2, 0.25) is 78.6 Å². The van der Waals surface area contributed by atoms with Crippen molar-refractivity contribution in [2.24, 2.45) is 0 Å². The monoisotopic (exact) mass is 390 g/mol. The van der Waals surface area contributed by atoms with Crippen LogP contribution in [0.15, 0.2) is 22.5 Å². The smallest absolute Gasteiger partial charge is 0.127 e. The fourth-order valence-corrected chi connectivity index (χ4v) is 4.94. The van der Waals surface area contributed by atoms with Crippen molar-refractivity contribution in [3.63, 3.8) is 0 Å². The van der Waals surface area contributed by atoms with Gasteiger partial charge in [-0.25, -0.2) is 0 Å². The summed E-state index contributed by atoms with van der Waals surface area (Å²) in [5.41, 5.74) is 14.4. The molecule has 4 heteroatoms. The lowest BCUT2D eigenvalue weighted by molar-refractivity contribution is 1.61. The first-order valence-electron chi connectivity index (χ1n) is 8.90. The molecule has 0 N–H and O–H groups in total. The molecule has 0 atom stereocenters. The van der Waals surface area contributed by atoms with Gasteiger partial charge in [-0.2, -0.15) is 0 Å². The summed E-state index contributed by atoms with van der Waals surface area (Å²) in [6.45, 7) is 28.1. The van der Waals surface area contributed by atoms with E-state index in [9.17, 15) is 0 Å². The first kappa shape index (κ1) is 23.5. The average Bonchev–Trinajstić information content (AvgIpc) is 2.25. The predicted octanol–water partition coefficient (Wildman–Crippen LogP) is 6.36. The molecule has 0 radical (unpaired) electrons. The normalized spacial score (nSPS) is 14.5. The van der Waals surface area contributed by atoms with Crippen molar-refractivity contribution >= 4 is 32.3 Å². The van der Waals surface area contributed by atoms with Crippen molar-refractivity contribution in [1.29, 1.82) is 0 Å². The van der Waals surface area contributed by atoms with Crippen LogP contribution in [-0.4, -0.2) is 32.3 Å². The molecular formula is C20H38Si4. The third-order valence-corrected chi connectivity index (χ3v) is 6.65. The van der Waals surface area contributed by atoms with Crippen molar-refractivity contribution in [1.82, 2.24) is 0 Å². The lowest BCUT2D eigenvalue weighted by atomic mass is 10.1. The van der Waals surface area contributed by atoms with Crippen LogP contribution in [0, 0.1) is 22.9 Å². The molecule has 0 aliphatic carbocycles. The maximum atomic E-state index is 3.57. The van der Waals surface area contributed by atoms with Gasteiger partial charge in [-0.05, 0) is 0 Å². The van der Waals surface area contributed by atoms with Gasteiger partial charge < -0.3 is 0 Å². The second kappa shape index (κ2) is 8.23. The molecule has 0 aliphatic rings. The van der Waals surface area contributed by atoms with Crippen LogP contribution in [0.4, 0.5) is 0 Å². The molecule has 0 rings (SSSR count). The molecule has 0 nitrogen and oxygen atoms in total. The Morgan fingerprint density at radius 1 is 0.500 bits per heavy atom. The summed E-state index contributed by atoms with van der Waals surface area (Å²) in [5, 5.41) is 0. The number of rotatable bonds is 3. The molecule has 0 saturated carbocycles. The molecule has 134 valence electrons. The van der Waals surface area contributed by atoms with E-state index in [0.29, 0.717) is 0 Å². The summed E-state index contributed by atoms with van der Waals surface area (Å²) >= 11 is 0. The standard InChI is InChI=1S/C20H38Si4/c1-21(2,3)15-13-19(17-23(7,8)9)20(18-24(10,11)12)14-16-22(4,5)6/h17-18H,1-12H3/b19-17-,20-18+. The summed E-state index contributed by atoms with van der Waals surface area (Å²) in [7, 11) is -5.52. The Hall–Kier alpha value is -0.532. The molecule has 0 aromatic heterocycles. The first-order chi connectivity index (χ1) is 10.4. The van der Waals surface area contributed by atoms with E-state index in [4.69, 9.17) is 0 Å². The van der Waals surface area contributed by atoms with Gasteiger partial charge in [0.25, 0.3) is 0 Å². The highest BCUT2D eigenvalue weighted by atomic mass is 28.3. The minimum Gasteiger partial charge on any atom is -0.127 e. The van der Waals surface area contributed by atoms with E-state index >= 15 is 0 Å². The topological polar surface area (TPSA) is 0 Å². The Morgan fingerprint density at radius 2 is 0.750 bits per heavy atom. The molecule has 0 unspecified atom stereocenters. The molecule has 0 heterocycles. The van der Waals surface area contributed by atoms with E-state index in [1.54, 1.807) is 0 Å². The van der Waals surface area contributed by atoms with E-state index in [1.807, 2.05) is 0 Å². The highest BCUT2D eigenvalue weighted by Gasteiger charge is 2.17. The van der Waals surface area contributed by atoms with Crippen LogP contribution in [0.3, 0.4) is 0 Å². The molecule has 0 spiro atoms. The highest BCUT2D eigenvalue weighted by Crippen LogP contribution is 2.18. The second-order valence-corrected chi connectivity index (χ2v) is 30.4. The third kappa shape index (κ3) is 13.9. The van der Waals surface area contributed by atoms with E-state index < -0.39 is 32.3 Å². The summed E-state index contributed by atoms with van der Waals surface area (Å²) in [6.07, 6.45) is 0. The second-order valence-electron chi connectivity index (χ2n) is 10.8. The fraction of sp³-hybridized carbons (Fsp3) is 0.600. The van der Waals surface area contributed by atoms with Crippen molar-refractivity contribution in [2.45, 2.75) is 78.6 Å². The lowest BCUT2D eigenvalue weighted by Gasteiger charge is -2.16. The van der Waals surface area contributed by atoms with Gasteiger partial charge in [0.05, 0.1) is 16.1 Å². The van der Waals surface area contributed by atoms with Gasteiger partial charge in [0.15, 0.2) is 0 Å². The Labute approximate surface area is 156 Å². The largest absolute Gasteiger partial charge is 0.129 e. The summed E-state index contributed by atoms with van der Waals surface area (Å²) < 4.78 is 0. The van der Waals surface area contributed by atoms with Gasteiger partial charge >= 0.3 is 0 Å². The van der Waals surface area contributed by atoms with Crippen LogP contribution in [0.25, 0.3) is 0 Å². The SMILES string of the molecule is C[Si](C)(C)C#CC(=C\[Si](C)(C)C)/C(C#C[Si](C)(C)C)=C\[Si](C)(C)C. The van der Waals surface area contributed by atoms with Gasteiger partial charge in [0, 0.05) is 11.1 Å². The number of hydrogen-bond acceptors (Lipinski definition) is 0. The summed E-state index contributed by atoms with van der Waals surface area (Å²) in [5.74, 6) is 7.10. The van der Waals surface area contributed by atoms with Gasteiger partial charge in [0.1, 0.15) is 16.1 Å². The molecule has 24 heavy (non-hydrogen) atoms. The van der Waals surface area contributed by atoms with Crippen molar-refractivity contribution in [2.75, 3.05) is 0 Å². The number of hydrogen-bond donors (Lipinski definition) is 0. The van der Waals surface area contributed by atoms with E-state index in [0.717, 1.165) is 0 Å². The van der Waals surface area contributed by atoms with Crippen LogP contribution in [0.1, 0.15) is 0 Å². The summed E-state index contributed by atoms with van der Waals surface area (Å²) in [6, 6.07) is 0. The van der Waals surface area contributed by atoms with Gasteiger partial charge in [-0.3, -0.25) is 0 Å². The minimum absolute atomic E-state index is 1.20. The lowest BCUT2D eigenvalue weighted by Crippen LogP contribution is -2.21. The minimum atomic E-state index is -1.40. The molecule has 0 amide bonds. The Morgan fingerprint density at radius 3 is 0.917 bits per heavy atom. The fourth-order valence-electron chi connectivity index (χ4n) is 1.74. The maximum absolute atomic E-state index is 3.57. The van der Waals surface area contributed by atoms with Crippen molar-refractivity contribution in [3.05, 3.63) is 22.5 Å². The zero-order chi connectivity index (χ0) is 19.4. The highest BCUT2D eigenvalue weighted by molar-refractivity contribution is 6.85. The van der Waals surface area contributed by atoms with Gasteiger partial charge in [0.2, 0.25) is 0 Å². The number of allylic oxidation sites excluding steroid dienone is 2. The van der Waals surface area contributed by atoms with Crippen LogP contribution >= 0.6 is 0 Å². The molecular weight excluding hydrogens is 353 g/mol. The van der Waals surface area contributed by atoms with E-state index in [1.165, 1.54) is 11.1 Å². The first-order valence-corrected chi connectivity index (χ1v) is 23.1. The average molecular weight is 391 g/mol. The molecule has 0 aromatic carbocycles. The zero-order valence-electron chi connectivity index (χ0n) is 18.2. The Balaban J connectivity index is 6.38. The van der Waals surface area contributed by atoms with Crippen molar-refractivity contribution in [3.8, 4) is 22.9 Å². The molecule has 0 aliphatic heterocycles. The van der Waals surface area contributed by atoms with Crippen LogP contribution in [-0.2, 0) is 0 Å². The quantitative estimate of drug-likeness (QED) is 0.299. The summed E-state index contributed by atoms with van der Waals surface area (Å²) in [4.78, 5) is 0. The third-order valence-electron chi connectivity index (χ3n) is 2.59. The van der Waals surface area contributed by atoms with Crippen LogP contribution < -0.4 is 0 Å². The molecule has 0 saturated heterocycles. The molecule has 0 aromatic rings.